The maximum absolute atomic E-state index is 12.5. The van der Waals surface area contributed by atoms with Crippen molar-refractivity contribution in [1.82, 2.24) is 29.5 Å². The second-order valence-corrected chi connectivity index (χ2v) is 13.1. The number of carbonyl (C=O) groups is 1. The van der Waals surface area contributed by atoms with Crippen LogP contribution in [-0.4, -0.2) is 96.8 Å². The van der Waals surface area contributed by atoms with Crippen LogP contribution in [0.2, 0.25) is 0 Å². The number of aliphatic hydroxyl groups excluding tert-OH is 1. The van der Waals surface area contributed by atoms with Gasteiger partial charge in [-0.25, -0.2) is 14.1 Å². The highest BCUT2D eigenvalue weighted by Gasteiger charge is 2.54. The molecule has 2 aliphatic rings. The molecule has 1 saturated heterocycles. The van der Waals surface area contributed by atoms with E-state index in [0.717, 1.165) is 20.9 Å². The van der Waals surface area contributed by atoms with Gasteiger partial charge >= 0.3 is 15.6 Å². The van der Waals surface area contributed by atoms with E-state index >= 15 is 0 Å². The third-order valence-electron chi connectivity index (χ3n) is 6.58. The van der Waals surface area contributed by atoms with Crippen molar-refractivity contribution in [3.8, 4) is 0 Å². The number of nitrogens with one attached hydrogen (secondary N) is 1. The van der Waals surface area contributed by atoms with E-state index in [1.807, 2.05) is 0 Å². The van der Waals surface area contributed by atoms with E-state index in [1.165, 1.54) is 0 Å². The van der Waals surface area contributed by atoms with Crippen molar-refractivity contribution >= 4 is 39.2 Å². The summed E-state index contributed by atoms with van der Waals surface area (Å²) in [5.74, 6) is -0.267. The molecule has 0 saturated carbocycles. The lowest BCUT2D eigenvalue weighted by Crippen LogP contribution is -2.54. The van der Waals surface area contributed by atoms with Gasteiger partial charge in [0.25, 0.3) is 5.56 Å². The number of phosphoric acid groups is 2. The van der Waals surface area contributed by atoms with Crippen LogP contribution in [0.25, 0.3) is 11.2 Å². The van der Waals surface area contributed by atoms with Gasteiger partial charge in [-0.05, 0) is 33.8 Å². The van der Waals surface area contributed by atoms with Gasteiger partial charge in [0.15, 0.2) is 17.4 Å². The number of fused-ring (bicyclic) bond motifs is 1. The minimum Gasteiger partial charge on any atom is -0.386 e. The summed E-state index contributed by atoms with van der Waals surface area (Å²) in [4.78, 5) is 63.7. The summed E-state index contributed by atoms with van der Waals surface area (Å²) in [5.41, 5.74) is 2.80. The monoisotopic (exact) mass is 609 g/mol. The third kappa shape index (κ3) is 5.50. The summed E-state index contributed by atoms with van der Waals surface area (Å²) in [6.45, 7) is 5.63. The van der Waals surface area contributed by atoms with Gasteiger partial charge in [-0.3, -0.25) is 23.7 Å². The molecule has 21 heteroatoms. The Hall–Kier alpha value is -2.54. The minimum atomic E-state index is -5.45. The highest BCUT2D eigenvalue weighted by Crippen LogP contribution is 2.58. The van der Waals surface area contributed by atoms with Crippen LogP contribution in [0, 0.1) is 0 Å². The molecule has 8 N–H and O–H groups in total. The van der Waals surface area contributed by atoms with Crippen LogP contribution in [0.5, 0.6) is 0 Å². The summed E-state index contributed by atoms with van der Waals surface area (Å²) in [6.07, 6.45) is -1.47. The number of amides is 1. The topological polar surface area (TPSA) is 276 Å². The molecule has 0 aromatic carbocycles. The maximum Gasteiger partial charge on any atom is 0.481 e. The lowest BCUT2D eigenvalue weighted by Gasteiger charge is -2.40. The summed E-state index contributed by atoms with van der Waals surface area (Å²) >= 11 is 0. The van der Waals surface area contributed by atoms with E-state index < -0.39 is 63.4 Å². The highest BCUT2D eigenvalue weighted by atomic mass is 31.3. The number of nitrogens with zero attached hydrogens (tertiary/aromatic N) is 5. The maximum atomic E-state index is 12.5. The van der Waals surface area contributed by atoms with Crippen molar-refractivity contribution in [3.63, 3.8) is 0 Å². The second kappa shape index (κ2) is 10.1. The fourth-order valence-electron chi connectivity index (χ4n) is 4.97. The zero-order chi connectivity index (χ0) is 30.0. The molecule has 1 unspecified atom stereocenters. The van der Waals surface area contributed by atoms with E-state index in [2.05, 4.69) is 19.3 Å². The van der Waals surface area contributed by atoms with Gasteiger partial charge in [0.05, 0.1) is 30.1 Å². The van der Waals surface area contributed by atoms with E-state index in [9.17, 15) is 33.9 Å². The van der Waals surface area contributed by atoms with Crippen LogP contribution in [0.15, 0.2) is 22.9 Å². The van der Waals surface area contributed by atoms with Crippen molar-refractivity contribution in [2.45, 2.75) is 63.3 Å². The summed E-state index contributed by atoms with van der Waals surface area (Å²) in [7, 11) is -10.8. The normalized spacial score (nSPS) is 28.0. The molecule has 2 aromatic heterocycles. The molecule has 0 aliphatic carbocycles. The van der Waals surface area contributed by atoms with Crippen LogP contribution < -0.4 is 11.3 Å². The van der Waals surface area contributed by atoms with Crippen molar-refractivity contribution in [1.29, 1.82) is 0 Å². The Morgan fingerprint density at radius 1 is 1.27 bits per heavy atom. The zero-order valence-electron chi connectivity index (χ0n) is 21.6. The Morgan fingerprint density at radius 3 is 2.48 bits per heavy atom. The lowest BCUT2D eigenvalue weighted by atomic mass is 9.97. The minimum absolute atomic E-state index is 0.0935. The SMILES string of the molecule is CC1(C)C=C(N(C=O)[C@H]2[C@@H](O)[C@H](n3cnc4c(=O)[nH]c(N)nc43)O[C@@H]2COP(=O)(O)OP(=O)(O)O)C(C)(C)N1O. The first-order valence-electron chi connectivity index (χ1n) is 11.6. The summed E-state index contributed by atoms with van der Waals surface area (Å²) in [5, 5.41) is 23.2. The lowest BCUT2D eigenvalue weighted by molar-refractivity contribution is -0.189. The Labute approximate surface area is 225 Å². The van der Waals surface area contributed by atoms with E-state index in [-0.39, 0.29) is 22.8 Å². The number of imidazole rings is 1. The number of aromatic amines is 1. The molecule has 2 aliphatic heterocycles. The molecule has 2 aromatic rings. The summed E-state index contributed by atoms with van der Waals surface area (Å²) in [6, 6.07) is -1.39. The quantitative estimate of drug-likeness (QED) is 0.135. The fourth-order valence-corrected chi connectivity index (χ4v) is 6.57. The van der Waals surface area contributed by atoms with Gasteiger partial charge in [0.2, 0.25) is 12.4 Å². The van der Waals surface area contributed by atoms with Crippen LogP contribution in [-0.2, 0) is 27.5 Å². The summed E-state index contributed by atoms with van der Waals surface area (Å²) < 4.78 is 38.9. The van der Waals surface area contributed by atoms with Crippen LogP contribution in [0.1, 0.15) is 33.9 Å². The Kier molecular flexibility index (Phi) is 7.66. The number of H-pyrrole nitrogens is 1. The number of anilines is 1. The van der Waals surface area contributed by atoms with Crippen molar-refractivity contribution in [2.75, 3.05) is 12.3 Å². The predicted molar refractivity (Wildman–Crippen MR) is 133 cm³/mol. The van der Waals surface area contributed by atoms with Crippen molar-refractivity contribution < 1.29 is 52.5 Å². The molecule has 222 valence electrons. The largest absolute Gasteiger partial charge is 0.481 e. The number of phosphoric ester groups is 1. The standard InChI is InChI=1S/C19H29N7O12P2/c1-18(2)5-10(19(3,4)26(18)30)25(8-27)12-9(6-36-40(34,35)38-39(31,32)33)37-16(13(12)28)24-7-21-11-14(24)22-17(20)23-15(11)29/h5,7-9,12-13,16,28,30H,6H2,1-4H3,(H,34,35)(H2,31,32,33)(H3,20,22,23,29)/t9-,12-,13-,16-/m1/s1. The molecule has 19 nitrogen and oxygen atoms in total. The van der Waals surface area contributed by atoms with E-state index in [4.69, 9.17) is 24.8 Å². The number of nitrogens with two attached hydrogens (primary N) is 1. The third-order valence-corrected chi connectivity index (χ3v) is 8.73. The molecule has 4 rings (SSSR count). The molecule has 40 heavy (non-hydrogen) atoms. The molecule has 0 radical (unpaired) electrons. The number of hydrogen-bond donors (Lipinski definition) is 7. The molecule has 0 spiro atoms. The number of hydrogen-bond acceptors (Lipinski definition) is 13. The highest BCUT2D eigenvalue weighted by molar-refractivity contribution is 7.60. The number of aromatic nitrogens is 4. The van der Waals surface area contributed by atoms with Crippen LogP contribution >= 0.6 is 15.6 Å². The van der Waals surface area contributed by atoms with E-state index in [0.29, 0.717) is 6.41 Å². The second-order valence-electron chi connectivity index (χ2n) is 10.2. The first-order valence-corrected chi connectivity index (χ1v) is 14.6. The molecular formula is C19H29N7O12P2. The number of hydroxylamine groups is 2. The Bertz CT molecular complexity index is 1500. The number of carbonyl (C=O) groups excluding carboxylic acids is 1. The Balaban J connectivity index is 1.77. The van der Waals surface area contributed by atoms with Crippen molar-refractivity contribution in [3.05, 3.63) is 28.5 Å². The predicted octanol–water partition coefficient (Wildman–Crippen LogP) is -0.841. The zero-order valence-corrected chi connectivity index (χ0v) is 23.3. The van der Waals surface area contributed by atoms with E-state index in [1.54, 1.807) is 33.8 Å². The number of aliphatic hydroxyl groups is 1. The molecule has 0 bridgehead atoms. The van der Waals surface area contributed by atoms with Gasteiger partial charge < -0.3 is 40.4 Å². The number of rotatable bonds is 9. The first-order chi connectivity index (χ1) is 18.3. The van der Waals surface area contributed by atoms with Gasteiger partial charge in [-0.2, -0.15) is 14.4 Å². The average molecular weight is 609 g/mol. The molecule has 5 atom stereocenters. The van der Waals surface area contributed by atoms with Gasteiger partial charge in [-0.15, -0.1) is 0 Å². The number of nitrogen functional groups attached to an aromatic ring is 1. The first kappa shape index (κ1) is 30.4. The van der Waals surface area contributed by atoms with Gasteiger partial charge in [-0.1, -0.05) is 0 Å². The van der Waals surface area contributed by atoms with Gasteiger partial charge in [0, 0.05) is 5.70 Å². The Morgan fingerprint density at radius 2 is 1.93 bits per heavy atom. The van der Waals surface area contributed by atoms with Crippen LogP contribution in [0.4, 0.5) is 5.95 Å². The molecule has 1 amide bonds. The fraction of sp³-hybridized carbons (Fsp3) is 0.579. The van der Waals surface area contributed by atoms with Crippen LogP contribution in [0.3, 0.4) is 0 Å². The average Bonchev–Trinajstić information content (AvgIpc) is 3.40. The van der Waals surface area contributed by atoms with Gasteiger partial charge in [0.1, 0.15) is 12.2 Å². The molecular weight excluding hydrogens is 580 g/mol. The number of ether oxygens (including phenoxy) is 1. The molecule has 4 heterocycles. The molecule has 1 fully saturated rings. The smallest absolute Gasteiger partial charge is 0.386 e. The van der Waals surface area contributed by atoms with Crippen molar-refractivity contribution in [2.24, 2.45) is 0 Å².